The molecule has 5 nitrogen and oxygen atoms in total. The zero-order valence-electron chi connectivity index (χ0n) is 26.7. The van der Waals surface area contributed by atoms with Crippen LogP contribution in [0.15, 0.2) is 164 Å². The first kappa shape index (κ1) is 28.5. The zero-order valence-corrected chi connectivity index (χ0v) is 27.5. The molecule has 6 heteroatoms. The van der Waals surface area contributed by atoms with Crippen LogP contribution in [0.25, 0.3) is 93.1 Å². The van der Waals surface area contributed by atoms with E-state index >= 15 is 0 Å². The standard InChI is InChI=1S/C44H27N5S/c1-3-12-28(13-4-1)30-16-9-18-32(26-30)42-46-43(33-19-10-17-31(27-33)29-14-5-2-6-15-29)48-44(47-42)49-36-24-23-35-34-20-7-8-22-38(34)50-41(35)39(36)40-37(49)21-11-25-45-40/h1-27H. The van der Waals surface area contributed by atoms with Crippen LogP contribution in [0, 0.1) is 0 Å². The van der Waals surface area contributed by atoms with Gasteiger partial charge < -0.3 is 0 Å². The van der Waals surface area contributed by atoms with Crippen molar-refractivity contribution in [2.24, 2.45) is 0 Å². The molecule has 0 saturated heterocycles. The number of rotatable bonds is 5. The van der Waals surface area contributed by atoms with E-state index in [-0.39, 0.29) is 0 Å². The van der Waals surface area contributed by atoms with Crippen molar-refractivity contribution >= 4 is 53.4 Å². The number of aromatic nitrogens is 5. The molecule has 0 fully saturated rings. The maximum atomic E-state index is 5.23. The van der Waals surface area contributed by atoms with Crippen molar-refractivity contribution in [3.8, 4) is 51.0 Å². The van der Waals surface area contributed by atoms with Gasteiger partial charge in [0.05, 0.1) is 16.6 Å². The van der Waals surface area contributed by atoms with E-state index < -0.39 is 0 Å². The summed E-state index contributed by atoms with van der Waals surface area (Å²) < 4.78 is 4.62. The van der Waals surface area contributed by atoms with Gasteiger partial charge in [0, 0.05) is 42.9 Å². The van der Waals surface area contributed by atoms with Crippen LogP contribution in [0.3, 0.4) is 0 Å². The van der Waals surface area contributed by atoms with E-state index in [1.807, 2.05) is 35.7 Å². The Kier molecular flexibility index (Phi) is 6.60. The second kappa shape index (κ2) is 11.6. The summed E-state index contributed by atoms with van der Waals surface area (Å²) in [4.78, 5) is 20.5. The van der Waals surface area contributed by atoms with Gasteiger partial charge in [-0.15, -0.1) is 11.3 Å². The van der Waals surface area contributed by atoms with E-state index in [0.29, 0.717) is 17.6 Å². The fourth-order valence-corrected chi connectivity index (χ4v) is 8.21. The Hall–Kier alpha value is -6.50. The summed E-state index contributed by atoms with van der Waals surface area (Å²) in [6, 6.07) is 54.8. The Bertz CT molecular complexity index is 2770. The molecule has 50 heavy (non-hydrogen) atoms. The van der Waals surface area contributed by atoms with Crippen LogP contribution in [0.5, 0.6) is 0 Å². The highest BCUT2D eigenvalue weighted by molar-refractivity contribution is 7.26. The quantitative estimate of drug-likeness (QED) is 0.185. The van der Waals surface area contributed by atoms with Gasteiger partial charge in [0.15, 0.2) is 11.6 Å². The molecule has 4 heterocycles. The molecule has 0 radical (unpaired) electrons. The summed E-state index contributed by atoms with van der Waals surface area (Å²) in [5.74, 6) is 1.76. The van der Waals surface area contributed by atoms with Gasteiger partial charge in [0.2, 0.25) is 5.95 Å². The van der Waals surface area contributed by atoms with E-state index in [1.165, 1.54) is 20.2 Å². The highest BCUT2D eigenvalue weighted by Crippen LogP contribution is 2.42. The molecule has 0 aliphatic rings. The van der Waals surface area contributed by atoms with E-state index in [0.717, 1.165) is 55.3 Å². The van der Waals surface area contributed by atoms with Gasteiger partial charge in [-0.3, -0.25) is 9.55 Å². The number of nitrogens with zero attached hydrogens (tertiary/aromatic N) is 5. The van der Waals surface area contributed by atoms with Crippen LogP contribution in [0.4, 0.5) is 0 Å². The Morgan fingerprint density at radius 2 is 1.04 bits per heavy atom. The van der Waals surface area contributed by atoms with E-state index in [9.17, 15) is 0 Å². The smallest absolute Gasteiger partial charge is 0.238 e. The third-order valence-electron chi connectivity index (χ3n) is 9.31. The fourth-order valence-electron chi connectivity index (χ4n) is 6.97. The number of hydrogen-bond acceptors (Lipinski definition) is 5. The maximum Gasteiger partial charge on any atom is 0.238 e. The van der Waals surface area contributed by atoms with Gasteiger partial charge in [-0.2, -0.15) is 9.97 Å². The molecule has 234 valence electrons. The van der Waals surface area contributed by atoms with Crippen molar-refractivity contribution in [1.82, 2.24) is 24.5 Å². The average Bonchev–Trinajstić information content (AvgIpc) is 3.74. The van der Waals surface area contributed by atoms with Crippen molar-refractivity contribution in [2.45, 2.75) is 0 Å². The molecule has 10 aromatic rings. The van der Waals surface area contributed by atoms with Gasteiger partial charge in [-0.25, -0.2) is 4.98 Å². The minimum atomic E-state index is 0.550. The van der Waals surface area contributed by atoms with Crippen LogP contribution in [-0.2, 0) is 0 Å². The van der Waals surface area contributed by atoms with Crippen molar-refractivity contribution in [3.63, 3.8) is 0 Å². The summed E-state index contributed by atoms with van der Waals surface area (Å²) in [5, 5.41) is 3.60. The summed E-state index contributed by atoms with van der Waals surface area (Å²) >= 11 is 1.81. The van der Waals surface area contributed by atoms with Crippen LogP contribution in [-0.4, -0.2) is 24.5 Å². The van der Waals surface area contributed by atoms with Crippen molar-refractivity contribution in [3.05, 3.63) is 164 Å². The Labute approximate surface area is 291 Å². The molecule has 0 atom stereocenters. The first-order valence-electron chi connectivity index (χ1n) is 16.6. The molecule has 0 unspecified atom stereocenters. The summed E-state index contributed by atoms with van der Waals surface area (Å²) in [5.41, 5.74) is 9.21. The first-order chi connectivity index (χ1) is 24.8. The average molecular weight is 658 g/mol. The highest BCUT2D eigenvalue weighted by Gasteiger charge is 2.21. The number of pyridine rings is 1. The lowest BCUT2D eigenvalue weighted by atomic mass is 10.0. The molecular weight excluding hydrogens is 631 g/mol. The summed E-state index contributed by atoms with van der Waals surface area (Å²) in [7, 11) is 0. The SMILES string of the molecule is c1ccc(-c2cccc(-c3nc(-c4cccc(-c5ccccc5)c4)nc(-n4c5cccnc5c5c6sc7ccccc7c6ccc54)n3)c2)cc1. The minimum Gasteiger partial charge on any atom is -0.276 e. The van der Waals surface area contributed by atoms with Crippen molar-refractivity contribution in [1.29, 1.82) is 0 Å². The van der Waals surface area contributed by atoms with Gasteiger partial charge in [-0.1, -0.05) is 121 Å². The lowest BCUT2D eigenvalue weighted by molar-refractivity contribution is 0.953. The van der Waals surface area contributed by atoms with Crippen LogP contribution in [0.2, 0.25) is 0 Å². The number of thiophene rings is 1. The van der Waals surface area contributed by atoms with Crippen molar-refractivity contribution in [2.75, 3.05) is 0 Å². The van der Waals surface area contributed by atoms with Crippen LogP contribution in [0.1, 0.15) is 0 Å². The zero-order chi connectivity index (χ0) is 33.0. The van der Waals surface area contributed by atoms with E-state index in [4.69, 9.17) is 19.9 Å². The number of fused-ring (bicyclic) bond motifs is 7. The molecule has 0 amide bonds. The van der Waals surface area contributed by atoms with Gasteiger partial charge in [0.25, 0.3) is 0 Å². The number of hydrogen-bond donors (Lipinski definition) is 0. The second-order valence-corrected chi connectivity index (χ2v) is 13.4. The largest absolute Gasteiger partial charge is 0.276 e. The molecule has 6 aromatic carbocycles. The van der Waals surface area contributed by atoms with Gasteiger partial charge in [-0.05, 0) is 58.7 Å². The third-order valence-corrected chi connectivity index (χ3v) is 10.5. The molecular formula is C44H27N5S. The molecule has 4 aromatic heterocycles. The fraction of sp³-hybridized carbons (Fsp3) is 0. The molecule has 10 rings (SSSR count). The minimum absolute atomic E-state index is 0.550. The Morgan fingerprint density at radius 1 is 0.440 bits per heavy atom. The maximum absolute atomic E-state index is 5.23. The highest BCUT2D eigenvalue weighted by atomic mass is 32.1. The normalized spacial score (nSPS) is 11.6. The predicted octanol–water partition coefficient (Wildman–Crippen LogP) is 11.4. The van der Waals surface area contributed by atoms with Gasteiger partial charge in [0.1, 0.15) is 0 Å². The van der Waals surface area contributed by atoms with Gasteiger partial charge >= 0.3 is 0 Å². The predicted molar refractivity (Wildman–Crippen MR) is 207 cm³/mol. The van der Waals surface area contributed by atoms with E-state index in [1.54, 1.807) is 0 Å². The third kappa shape index (κ3) is 4.69. The number of benzene rings is 6. The van der Waals surface area contributed by atoms with E-state index in [2.05, 4.69) is 144 Å². The molecule has 0 aliphatic heterocycles. The molecule has 0 saturated carbocycles. The van der Waals surface area contributed by atoms with Crippen LogP contribution >= 0.6 is 11.3 Å². The van der Waals surface area contributed by atoms with Crippen LogP contribution < -0.4 is 0 Å². The summed E-state index contributed by atoms with van der Waals surface area (Å²) in [6.45, 7) is 0. The molecule has 0 bridgehead atoms. The first-order valence-corrected chi connectivity index (χ1v) is 17.4. The van der Waals surface area contributed by atoms with Crippen molar-refractivity contribution < 1.29 is 0 Å². The lowest BCUT2D eigenvalue weighted by Gasteiger charge is -2.12. The molecule has 0 N–H and O–H groups in total. The second-order valence-electron chi connectivity index (χ2n) is 12.3. The Balaban J connectivity index is 1.24. The topological polar surface area (TPSA) is 56.5 Å². The monoisotopic (exact) mass is 657 g/mol. The molecule has 0 aliphatic carbocycles. The Morgan fingerprint density at radius 3 is 1.72 bits per heavy atom. The molecule has 0 spiro atoms. The summed E-state index contributed by atoms with van der Waals surface area (Å²) in [6.07, 6.45) is 1.87. The lowest BCUT2D eigenvalue weighted by Crippen LogP contribution is -2.06.